The van der Waals surface area contributed by atoms with Crippen LogP contribution in [0.3, 0.4) is 0 Å². The van der Waals surface area contributed by atoms with E-state index in [1.165, 1.54) is 37.7 Å². The van der Waals surface area contributed by atoms with E-state index in [4.69, 9.17) is 4.74 Å². The summed E-state index contributed by atoms with van der Waals surface area (Å²) in [4.78, 5) is 16.9. The lowest BCUT2D eigenvalue weighted by atomic mass is 9.69. The molecular formula is C32H42FN2O2+. The Labute approximate surface area is 221 Å². The van der Waals surface area contributed by atoms with Crippen LogP contribution in [0.2, 0.25) is 0 Å². The first-order valence-electron chi connectivity index (χ1n) is 14.6. The van der Waals surface area contributed by atoms with Crippen LogP contribution in [-0.4, -0.2) is 49.2 Å². The minimum absolute atomic E-state index is 0.0212. The number of hydrogen-bond donors (Lipinski definition) is 1. The van der Waals surface area contributed by atoms with Gasteiger partial charge in [-0.1, -0.05) is 61.7 Å². The summed E-state index contributed by atoms with van der Waals surface area (Å²) in [5.74, 6) is 0.882. The van der Waals surface area contributed by atoms with Gasteiger partial charge >= 0.3 is 0 Å². The zero-order chi connectivity index (χ0) is 25.4. The summed E-state index contributed by atoms with van der Waals surface area (Å²) in [6, 6.07) is 16.6. The van der Waals surface area contributed by atoms with E-state index in [0.29, 0.717) is 38.0 Å². The molecule has 3 fully saturated rings. The van der Waals surface area contributed by atoms with Crippen molar-refractivity contribution in [3.63, 3.8) is 0 Å². The minimum atomic E-state index is -0.601. The third-order valence-corrected chi connectivity index (χ3v) is 10.00. The molecule has 0 unspecified atom stereocenters. The lowest BCUT2D eigenvalue weighted by Crippen LogP contribution is -2.82. The first-order chi connectivity index (χ1) is 18.1. The van der Waals surface area contributed by atoms with Gasteiger partial charge in [-0.05, 0) is 68.1 Å². The Kier molecular flexibility index (Phi) is 7.11. The molecule has 4 nitrogen and oxygen atoms in total. The Balaban J connectivity index is 1.33. The Morgan fingerprint density at radius 3 is 2.68 bits per heavy atom. The molecule has 37 heavy (non-hydrogen) atoms. The molecule has 1 aliphatic carbocycles. The molecule has 1 saturated carbocycles. The number of ether oxygens (including phenoxy) is 1. The second-order valence-corrected chi connectivity index (χ2v) is 12.2. The average Bonchev–Trinajstić information content (AvgIpc) is 3.30. The van der Waals surface area contributed by atoms with E-state index >= 15 is 4.39 Å². The van der Waals surface area contributed by atoms with Crippen molar-refractivity contribution in [1.82, 2.24) is 4.90 Å². The number of amides is 1. The number of benzene rings is 2. The maximum atomic E-state index is 15.6. The van der Waals surface area contributed by atoms with E-state index in [9.17, 15) is 4.79 Å². The summed E-state index contributed by atoms with van der Waals surface area (Å²) in [6.45, 7) is 4.70. The summed E-state index contributed by atoms with van der Waals surface area (Å²) in [7, 11) is 0. The normalized spacial score (nSPS) is 32.8. The number of rotatable bonds is 3. The van der Waals surface area contributed by atoms with Crippen molar-refractivity contribution in [3.8, 4) is 0 Å². The number of piperidine rings is 1. The molecule has 1 spiro atoms. The van der Waals surface area contributed by atoms with E-state index in [-0.39, 0.29) is 29.8 Å². The first-order valence-corrected chi connectivity index (χ1v) is 14.6. The smallest absolute Gasteiger partial charge is 0.232 e. The highest BCUT2D eigenvalue weighted by atomic mass is 19.1. The molecule has 2 aromatic rings. The quantitative estimate of drug-likeness (QED) is 0.664. The fraction of sp³-hybridized carbons (Fsp3) is 0.594. The first kappa shape index (κ1) is 25.1. The van der Waals surface area contributed by atoms with E-state index in [2.05, 4.69) is 47.5 Å². The van der Waals surface area contributed by atoms with Gasteiger partial charge in [-0.15, -0.1) is 0 Å². The number of carbonyl (C=O) groups is 1. The highest BCUT2D eigenvalue weighted by Crippen LogP contribution is 2.44. The fourth-order valence-electron chi connectivity index (χ4n) is 8.14. The van der Waals surface area contributed by atoms with Crippen LogP contribution in [0, 0.1) is 17.7 Å². The van der Waals surface area contributed by atoms with E-state index in [1.807, 2.05) is 12.1 Å². The maximum absolute atomic E-state index is 15.6. The minimum Gasteiger partial charge on any atom is -0.377 e. The molecule has 2 saturated heterocycles. The second-order valence-electron chi connectivity index (χ2n) is 12.2. The van der Waals surface area contributed by atoms with Crippen LogP contribution in [0.5, 0.6) is 0 Å². The lowest BCUT2D eigenvalue weighted by molar-refractivity contribution is -0.640. The monoisotopic (exact) mass is 505 g/mol. The van der Waals surface area contributed by atoms with E-state index in [0.717, 1.165) is 30.5 Å². The molecule has 198 valence electrons. The Hall–Kier alpha value is -2.24. The number of halogens is 1. The fourth-order valence-corrected chi connectivity index (χ4v) is 8.14. The third kappa shape index (κ3) is 4.63. The van der Waals surface area contributed by atoms with Crippen LogP contribution < -0.4 is 5.32 Å². The average molecular weight is 506 g/mol. The predicted molar refractivity (Wildman–Crippen MR) is 143 cm³/mol. The van der Waals surface area contributed by atoms with E-state index < -0.39 is 5.41 Å². The highest BCUT2D eigenvalue weighted by Gasteiger charge is 2.56. The lowest BCUT2D eigenvalue weighted by Gasteiger charge is -2.46. The molecular weight excluding hydrogens is 463 g/mol. The molecule has 5 heteroatoms. The van der Waals surface area contributed by atoms with Crippen LogP contribution in [-0.2, 0) is 21.4 Å². The largest absolute Gasteiger partial charge is 0.377 e. The molecule has 5 atom stereocenters. The summed E-state index contributed by atoms with van der Waals surface area (Å²) in [5.41, 5.74) is 2.57. The molecule has 4 aliphatic rings. The van der Waals surface area contributed by atoms with Crippen molar-refractivity contribution in [2.75, 3.05) is 26.2 Å². The summed E-state index contributed by atoms with van der Waals surface area (Å²) in [6.07, 6.45) is 9.05. The number of likely N-dealkylation sites (tertiary alicyclic amines) is 1. The molecule has 3 aliphatic heterocycles. The zero-order valence-corrected chi connectivity index (χ0v) is 22.2. The van der Waals surface area contributed by atoms with Gasteiger partial charge in [0.15, 0.2) is 0 Å². The van der Waals surface area contributed by atoms with Crippen molar-refractivity contribution >= 4 is 5.91 Å². The van der Waals surface area contributed by atoms with Gasteiger partial charge in [0.1, 0.15) is 11.7 Å². The standard InChI is InChI=1S/C32H41FN2O2/c1-22-17-26-13-8-14-28(33)30(26)32(21-37-22)20-34-19-27(32)31(36)35-16-15-25(23-9-4-2-5-10-23)18-29(35)24-11-6-3-7-12-24/h2,4-5,8-10,13-14,22,24-25,27,29,34H,3,6-7,11-12,15-21H2,1H3/p+1/t22-,25+,27-,29-,32-/m0/s1. The van der Waals surface area contributed by atoms with Gasteiger partial charge in [0.2, 0.25) is 5.91 Å². The molecule has 3 heterocycles. The highest BCUT2D eigenvalue weighted by molar-refractivity contribution is 5.82. The van der Waals surface area contributed by atoms with Crippen LogP contribution in [0.4, 0.5) is 4.39 Å². The van der Waals surface area contributed by atoms with Gasteiger partial charge in [0, 0.05) is 18.2 Å². The number of fused-ring (bicyclic) bond motifs is 2. The summed E-state index contributed by atoms with van der Waals surface area (Å²) >= 11 is 0. The molecule has 0 bridgehead atoms. The van der Waals surface area contributed by atoms with Crippen molar-refractivity contribution in [1.29, 1.82) is 0 Å². The molecule has 6 rings (SSSR count). The van der Waals surface area contributed by atoms with Gasteiger partial charge in [0.05, 0.1) is 31.2 Å². The van der Waals surface area contributed by atoms with Gasteiger partial charge < -0.3 is 15.0 Å². The van der Waals surface area contributed by atoms with Crippen molar-refractivity contribution in [3.05, 3.63) is 71.0 Å². The molecule has 1 amide bonds. The van der Waals surface area contributed by atoms with E-state index in [1.54, 1.807) is 6.07 Å². The van der Waals surface area contributed by atoms with Crippen molar-refractivity contribution < 1.29 is 19.2 Å². The molecule has 0 radical (unpaired) electrons. The van der Waals surface area contributed by atoms with Crippen molar-refractivity contribution in [2.45, 2.75) is 81.8 Å². The molecule has 2 aromatic carbocycles. The SMILES string of the molecule is C[C@H]1Cc2cccc(F)c2[C@@]2(C[NH2+]C[C@H]2C(=O)N2CC[C@@H](c3ccccc3)C[C@H]2C2CCCCC2)CO1. The van der Waals surface area contributed by atoms with Gasteiger partial charge in [-0.3, -0.25) is 4.79 Å². The molecule has 2 N–H and O–H groups in total. The van der Waals surface area contributed by atoms with Gasteiger partial charge in [-0.2, -0.15) is 0 Å². The topological polar surface area (TPSA) is 46.2 Å². The number of carbonyl (C=O) groups excluding carboxylic acids is 1. The summed E-state index contributed by atoms with van der Waals surface area (Å²) in [5, 5.41) is 2.23. The van der Waals surface area contributed by atoms with Crippen LogP contribution >= 0.6 is 0 Å². The van der Waals surface area contributed by atoms with Crippen molar-refractivity contribution in [2.24, 2.45) is 11.8 Å². The van der Waals surface area contributed by atoms with Crippen LogP contribution in [0.15, 0.2) is 48.5 Å². The Morgan fingerprint density at radius 1 is 1.05 bits per heavy atom. The van der Waals surface area contributed by atoms with Crippen LogP contribution in [0.25, 0.3) is 0 Å². The zero-order valence-electron chi connectivity index (χ0n) is 22.2. The second kappa shape index (κ2) is 10.5. The Bertz CT molecular complexity index is 1100. The number of nitrogens with zero attached hydrogens (tertiary/aromatic N) is 1. The van der Waals surface area contributed by atoms with Gasteiger partial charge in [0.25, 0.3) is 0 Å². The Morgan fingerprint density at radius 2 is 1.86 bits per heavy atom. The summed E-state index contributed by atoms with van der Waals surface area (Å²) < 4.78 is 21.9. The number of nitrogens with two attached hydrogens (primary N) is 1. The predicted octanol–water partition coefficient (Wildman–Crippen LogP) is 4.57. The number of quaternary nitrogens is 1. The number of hydrogen-bond acceptors (Lipinski definition) is 2. The van der Waals surface area contributed by atoms with Crippen LogP contribution in [0.1, 0.15) is 74.5 Å². The maximum Gasteiger partial charge on any atom is 0.232 e. The third-order valence-electron chi connectivity index (χ3n) is 10.00. The molecule has 0 aromatic heterocycles. The van der Waals surface area contributed by atoms with Gasteiger partial charge in [-0.25, -0.2) is 4.39 Å².